The van der Waals surface area contributed by atoms with Gasteiger partial charge in [-0.3, -0.25) is 4.28 Å². The fraction of sp³-hybridized carbons (Fsp3) is 0.417. The smallest absolute Gasteiger partial charge is 0.268 e. The molecule has 0 aromatic heterocycles. The monoisotopic (exact) mass is 255 g/mol. The lowest BCUT2D eigenvalue weighted by Gasteiger charge is -2.02. The molecule has 0 atom stereocenters. The van der Waals surface area contributed by atoms with Gasteiger partial charge in [0.1, 0.15) is 0 Å². The Kier molecular flexibility index (Phi) is 5.15. The van der Waals surface area contributed by atoms with Gasteiger partial charge in [-0.1, -0.05) is 48.8 Å². The minimum absolute atomic E-state index is 0.00900. The molecule has 0 unspecified atom stereocenters. The molecule has 1 aromatic rings. The Balaban J connectivity index is 2.65. The molecule has 5 heteroatoms. The molecule has 0 radical (unpaired) electrons. The van der Waals surface area contributed by atoms with E-state index in [1.54, 1.807) is 6.92 Å². The van der Waals surface area contributed by atoms with Crippen LogP contribution in [-0.4, -0.2) is 19.9 Å². The first-order chi connectivity index (χ1) is 8.05. The summed E-state index contributed by atoms with van der Waals surface area (Å²) in [4.78, 5) is 0. The summed E-state index contributed by atoms with van der Waals surface area (Å²) in [5.41, 5.74) is 1.39. The van der Waals surface area contributed by atoms with Crippen LogP contribution >= 0.6 is 0 Å². The van der Waals surface area contributed by atoms with E-state index in [2.05, 4.69) is 9.44 Å². The Labute approximate surface area is 102 Å². The Hall–Kier alpha value is -1.36. The fourth-order valence-corrected chi connectivity index (χ4v) is 2.15. The quantitative estimate of drug-likeness (QED) is 0.580. The summed E-state index contributed by atoms with van der Waals surface area (Å²) in [6, 6.07) is 9.30. The Bertz CT molecular complexity index is 466. The average molecular weight is 255 g/mol. The van der Waals surface area contributed by atoms with Gasteiger partial charge in [-0.05, 0) is 18.9 Å². The van der Waals surface area contributed by atoms with Crippen LogP contribution in [0.5, 0.6) is 0 Å². The molecular formula is C12H17NO3S. The van der Waals surface area contributed by atoms with Crippen LogP contribution in [0.25, 0.3) is 0 Å². The zero-order valence-electron chi connectivity index (χ0n) is 10.1. The molecule has 94 valence electrons. The first-order valence-electron chi connectivity index (χ1n) is 5.56. The first kappa shape index (κ1) is 13.7. The molecule has 0 aliphatic rings. The van der Waals surface area contributed by atoms with Gasteiger partial charge >= 0.3 is 10.1 Å². The number of unbranched alkanes of at least 4 members (excludes halogenated alkanes) is 1. The van der Waals surface area contributed by atoms with E-state index in [9.17, 15) is 8.42 Å². The molecule has 0 amide bonds. The normalized spacial score (nSPS) is 12.5. The van der Waals surface area contributed by atoms with Crippen molar-refractivity contribution in [2.24, 2.45) is 5.16 Å². The van der Waals surface area contributed by atoms with Crippen LogP contribution in [0.15, 0.2) is 35.5 Å². The summed E-state index contributed by atoms with van der Waals surface area (Å²) in [7, 11) is -3.53. The second-order valence-electron chi connectivity index (χ2n) is 3.73. The summed E-state index contributed by atoms with van der Waals surface area (Å²) in [6.07, 6.45) is 1.40. The summed E-state index contributed by atoms with van der Waals surface area (Å²) in [5.74, 6) is 0.00900. The van der Waals surface area contributed by atoms with Gasteiger partial charge in [-0.15, -0.1) is 0 Å². The van der Waals surface area contributed by atoms with Crippen molar-refractivity contribution in [1.29, 1.82) is 0 Å². The molecule has 0 heterocycles. The number of benzene rings is 1. The third-order valence-corrected chi connectivity index (χ3v) is 3.32. The maximum Gasteiger partial charge on any atom is 0.328 e. The van der Waals surface area contributed by atoms with Crippen LogP contribution in [0, 0.1) is 0 Å². The summed E-state index contributed by atoms with van der Waals surface area (Å²) < 4.78 is 27.4. The van der Waals surface area contributed by atoms with E-state index >= 15 is 0 Å². The highest BCUT2D eigenvalue weighted by Gasteiger charge is 2.10. The molecule has 1 aromatic carbocycles. The molecule has 0 aliphatic heterocycles. The first-order valence-corrected chi connectivity index (χ1v) is 7.14. The van der Waals surface area contributed by atoms with E-state index < -0.39 is 10.1 Å². The lowest BCUT2D eigenvalue weighted by atomic mass is 10.1. The van der Waals surface area contributed by atoms with E-state index in [1.807, 2.05) is 37.3 Å². The van der Waals surface area contributed by atoms with E-state index in [4.69, 9.17) is 0 Å². The molecule has 0 saturated heterocycles. The summed E-state index contributed by atoms with van der Waals surface area (Å²) in [6.45, 7) is 3.64. The highest BCUT2D eigenvalue weighted by atomic mass is 32.2. The molecule has 0 aliphatic carbocycles. The van der Waals surface area contributed by atoms with Crippen LogP contribution < -0.4 is 0 Å². The van der Waals surface area contributed by atoms with Gasteiger partial charge in [0.2, 0.25) is 0 Å². The third-order valence-electron chi connectivity index (χ3n) is 2.23. The van der Waals surface area contributed by atoms with Gasteiger partial charge in [-0.25, -0.2) is 0 Å². The van der Waals surface area contributed by atoms with Crippen molar-refractivity contribution in [2.45, 2.75) is 26.7 Å². The molecule has 0 N–H and O–H groups in total. The lowest BCUT2D eigenvalue weighted by Crippen LogP contribution is -2.08. The molecule has 0 saturated carbocycles. The molecule has 17 heavy (non-hydrogen) atoms. The number of hydrogen-bond donors (Lipinski definition) is 0. The van der Waals surface area contributed by atoms with Gasteiger partial charge in [0.05, 0.1) is 11.5 Å². The number of rotatable bonds is 6. The van der Waals surface area contributed by atoms with E-state index in [0.717, 1.165) is 12.0 Å². The second kappa shape index (κ2) is 6.39. The Morgan fingerprint density at radius 2 is 1.94 bits per heavy atom. The van der Waals surface area contributed by atoms with Crippen LogP contribution in [0.3, 0.4) is 0 Å². The number of oxime groups is 1. The minimum Gasteiger partial charge on any atom is -0.268 e. The Morgan fingerprint density at radius 3 is 2.53 bits per heavy atom. The van der Waals surface area contributed by atoms with Crippen molar-refractivity contribution in [3.05, 3.63) is 35.9 Å². The van der Waals surface area contributed by atoms with E-state index in [-0.39, 0.29) is 5.75 Å². The van der Waals surface area contributed by atoms with Crippen LogP contribution in [-0.2, 0) is 14.4 Å². The zero-order chi connectivity index (χ0) is 12.7. The highest BCUT2D eigenvalue weighted by Crippen LogP contribution is 2.04. The number of nitrogens with zero attached hydrogens (tertiary/aromatic N) is 1. The molecule has 4 nitrogen and oxygen atoms in total. The molecule has 1 rings (SSSR count). The molecule has 0 spiro atoms. The van der Waals surface area contributed by atoms with Crippen molar-refractivity contribution >= 4 is 15.8 Å². The van der Waals surface area contributed by atoms with Crippen LogP contribution in [0.4, 0.5) is 0 Å². The standard InChI is InChI=1S/C12H17NO3S/c1-3-4-10-17(14,15)16-13-11(2)12-8-6-5-7-9-12/h5-9H,3-4,10H2,1-2H3. The lowest BCUT2D eigenvalue weighted by molar-refractivity contribution is 0.338. The van der Waals surface area contributed by atoms with Crippen molar-refractivity contribution < 1.29 is 12.7 Å². The fourth-order valence-electron chi connectivity index (χ4n) is 1.20. The molecule has 0 fully saturated rings. The van der Waals surface area contributed by atoms with E-state index in [1.165, 1.54) is 0 Å². The Morgan fingerprint density at radius 1 is 1.29 bits per heavy atom. The largest absolute Gasteiger partial charge is 0.328 e. The predicted octanol–water partition coefficient (Wildman–Crippen LogP) is 2.56. The molecular weight excluding hydrogens is 238 g/mol. The maximum atomic E-state index is 11.4. The van der Waals surface area contributed by atoms with Gasteiger partial charge in [0.15, 0.2) is 0 Å². The zero-order valence-corrected chi connectivity index (χ0v) is 10.9. The second-order valence-corrected chi connectivity index (χ2v) is 5.41. The van der Waals surface area contributed by atoms with Crippen molar-refractivity contribution in [3.63, 3.8) is 0 Å². The van der Waals surface area contributed by atoms with Crippen LogP contribution in [0.1, 0.15) is 32.3 Å². The van der Waals surface area contributed by atoms with Gasteiger partial charge < -0.3 is 0 Å². The van der Waals surface area contributed by atoms with Crippen molar-refractivity contribution in [3.8, 4) is 0 Å². The minimum atomic E-state index is -3.53. The van der Waals surface area contributed by atoms with Crippen LogP contribution in [0.2, 0.25) is 0 Å². The molecule has 0 bridgehead atoms. The highest BCUT2D eigenvalue weighted by molar-refractivity contribution is 7.86. The maximum absolute atomic E-state index is 11.4. The van der Waals surface area contributed by atoms with Gasteiger partial charge in [0.25, 0.3) is 0 Å². The van der Waals surface area contributed by atoms with Crippen molar-refractivity contribution in [1.82, 2.24) is 0 Å². The summed E-state index contributed by atoms with van der Waals surface area (Å²) in [5, 5.41) is 3.65. The number of hydrogen-bond acceptors (Lipinski definition) is 4. The predicted molar refractivity (Wildman–Crippen MR) is 68.4 cm³/mol. The third kappa shape index (κ3) is 4.99. The van der Waals surface area contributed by atoms with Gasteiger partial charge in [0, 0.05) is 0 Å². The van der Waals surface area contributed by atoms with Gasteiger partial charge in [-0.2, -0.15) is 8.42 Å². The van der Waals surface area contributed by atoms with Crippen molar-refractivity contribution in [2.75, 3.05) is 5.75 Å². The van der Waals surface area contributed by atoms with E-state index in [0.29, 0.717) is 12.1 Å². The topological polar surface area (TPSA) is 55.7 Å². The summed E-state index contributed by atoms with van der Waals surface area (Å²) >= 11 is 0. The SMILES string of the molecule is CCCCS(=O)(=O)ON=C(C)c1ccccc1. The average Bonchev–Trinajstić information content (AvgIpc) is 2.35.